The summed E-state index contributed by atoms with van der Waals surface area (Å²) in [5.74, 6) is -0.698. The number of esters is 1. The highest BCUT2D eigenvalue weighted by molar-refractivity contribution is 5.77. The Labute approximate surface area is 153 Å². The Bertz CT molecular complexity index is 584. The summed E-state index contributed by atoms with van der Waals surface area (Å²) >= 11 is 0. The van der Waals surface area contributed by atoms with Gasteiger partial charge >= 0.3 is 5.97 Å². The van der Waals surface area contributed by atoms with Crippen LogP contribution in [0.15, 0.2) is 24.3 Å². The monoisotopic (exact) mass is 368 g/mol. The van der Waals surface area contributed by atoms with E-state index in [1.165, 1.54) is 5.56 Å². The fourth-order valence-corrected chi connectivity index (χ4v) is 2.93. The number of hydrogen-bond donors (Lipinski definition) is 4. The van der Waals surface area contributed by atoms with Crippen LogP contribution in [0.4, 0.5) is 0 Å². The summed E-state index contributed by atoms with van der Waals surface area (Å²) < 4.78 is 10.4. The Hall–Kier alpha value is -1.51. The van der Waals surface area contributed by atoms with Crippen LogP contribution in [0.5, 0.6) is 0 Å². The first kappa shape index (κ1) is 20.8. The predicted molar refractivity (Wildman–Crippen MR) is 93.3 cm³/mol. The molecular weight excluding hydrogens is 340 g/mol. The average molecular weight is 368 g/mol. The summed E-state index contributed by atoms with van der Waals surface area (Å²) in [6, 6.07) is 7.65. The van der Waals surface area contributed by atoms with E-state index in [-0.39, 0.29) is 0 Å². The molecule has 0 aliphatic carbocycles. The maximum atomic E-state index is 12.4. The Morgan fingerprint density at radius 2 is 1.69 bits per heavy atom. The molecule has 0 amide bonds. The van der Waals surface area contributed by atoms with E-state index in [0.29, 0.717) is 5.92 Å². The lowest BCUT2D eigenvalue weighted by Crippen LogP contribution is -2.59. The standard InChI is InChI=1S/C19H28O7/c1-10(2)8-12-4-6-13(7-5-12)11(3)18(24)26-19-17(23)16(22)15(21)14(9-20)25-19/h4-7,10-11,14-17,19-23H,8-9H2,1-3H3/t11?,14-,15+,16+,17-,19?/m1/s1. The highest BCUT2D eigenvalue weighted by Gasteiger charge is 2.45. The molecule has 0 aromatic heterocycles. The Morgan fingerprint density at radius 1 is 1.08 bits per heavy atom. The van der Waals surface area contributed by atoms with Gasteiger partial charge in [-0.05, 0) is 30.4 Å². The Balaban J connectivity index is 2.01. The van der Waals surface area contributed by atoms with Crippen molar-refractivity contribution in [2.45, 2.75) is 63.8 Å². The number of hydrogen-bond acceptors (Lipinski definition) is 7. The molecule has 0 radical (unpaired) electrons. The largest absolute Gasteiger partial charge is 0.432 e. The lowest BCUT2D eigenvalue weighted by molar-refractivity contribution is -0.293. The minimum Gasteiger partial charge on any atom is -0.432 e. The second kappa shape index (κ2) is 8.92. The van der Waals surface area contributed by atoms with Crippen molar-refractivity contribution in [1.82, 2.24) is 0 Å². The molecule has 1 saturated heterocycles. The minimum atomic E-state index is -1.60. The van der Waals surface area contributed by atoms with E-state index in [1.54, 1.807) is 6.92 Å². The molecule has 4 N–H and O–H groups in total. The molecule has 1 fully saturated rings. The number of carbonyl (C=O) groups excluding carboxylic acids is 1. The quantitative estimate of drug-likeness (QED) is 0.535. The molecule has 1 aliphatic rings. The van der Waals surface area contributed by atoms with E-state index < -0.39 is 49.2 Å². The van der Waals surface area contributed by atoms with Crippen molar-refractivity contribution in [3.8, 4) is 0 Å². The molecule has 1 aromatic rings. The molecule has 0 spiro atoms. The van der Waals surface area contributed by atoms with Gasteiger partial charge in [-0.25, -0.2) is 0 Å². The average Bonchev–Trinajstić information content (AvgIpc) is 2.61. The summed E-state index contributed by atoms with van der Waals surface area (Å²) in [5.41, 5.74) is 1.94. The van der Waals surface area contributed by atoms with Gasteiger partial charge in [0.25, 0.3) is 0 Å². The fourth-order valence-electron chi connectivity index (χ4n) is 2.93. The van der Waals surface area contributed by atoms with Gasteiger partial charge in [-0.2, -0.15) is 0 Å². The third kappa shape index (κ3) is 4.81. The van der Waals surface area contributed by atoms with Crippen LogP contribution in [0.25, 0.3) is 0 Å². The molecule has 26 heavy (non-hydrogen) atoms. The molecule has 1 aromatic carbocycles. The van der Waals surface area contributed by atoms with E-state index in [1.807, 2.05) is 24.3 Å². The Kier molecular flexibility index (Phi) is 7.14. The summed E-state index contributed by atoms with van der Waals surface area (Å²) in [5, 5.41) is 38.6. The zero-order valence-corrected chi connectivity index (χ0v) is 15.3. The van der Waals surface area contributed by atoms with Crippen LogP contribution in [-0.2, 0) is 20.7 Å². The van der Waals surface area contributed by atoms with Crippen LogP contribution in [0.3, 0.4) is 0 Å². The SMILES string of the molecule is CC(C)Cc1ccc(C(C)C(=O)OC2O[C@H](CO)[C@H](O)[C@H](O)[C@H]2O)cc1. The molecule has 1 heterocycles. The van der Waals surface area contributed by atoms with Gasteiger partial charge in [-0.1, -0.05) is 38.1 Å². The molecule has 0 saturated carbocycles. The van der Waals surface area contributed by atoms with E-state index in [2.05, 4.69) is 13.8 Å². The molecule has 146 valence electrons. The lowest BCUT2D eigenvalue weighted by atomic mass is 9.96. The second-order valence-corrected chi connectivity index (χ2v) is 7.20. The van der Waals surface area contributed by atoms with Gasteiger partial charge in [0.15, 0.2) is 0 Å². The van der Waals surface area contributed by atoms with Crippen molar-refractivity contribution < 1.29 is 34.7 Å². The topological polar surface area (TPSA) is 116 Å². The van der Waals surface area contributed by atoms with Crippen molar-refractivity contribution in [3.05, 3.63) is 35.4 Å². The van der Waals surface area contributed by atoms with Gasteiger partial charge in [0.05, 0.1) is 12.5 Å². The van der Waals surface area contributed by atoms with Gasteiger partial charge in [0.1, 0.15) is 24.4 Å². The molecule has 0 bridgehead atoms. The predicted octanol–water partition coefficient (Wildman–Crippen LogP) is 0.332. The number of rotatable bonds is 6. The van der Waals surface area contributed by atoms with E-state index in [0.717, 1.165) is 12.0 Å². The minimum absolute atomic E-state index is 0.537. The Morgan fingerprint density at radius 3 is 2.23 bits per heavy atom. The van der Waals surface area contributed by atoms with E-state index in [9.17, 15) is 25.2 Å². The lowest BCUT2D eigenvalue weighted by Gasteiger charge is -2.39. The van der Waals surface area contributed by atoms with E-state index in [4.69, 9.17) is 9.47 Å². The van der Waals surface area contributed by atoms with Gasteiger partial charge in [-0.3, -0.25) is 4.79 Å². The summed E-state index contributed by atoms with van der Waals surface area (Å²) in [4.78, 5) is 12.4. The molecule has 1 aliphatic heterocycles. The molecule has 6 atom stereocenters. The van der Waals surface area contributed by atoms with Crippen LogP contribution in [-0.4, -0.2) is 63.7 Å². The molecule has 2 rings (SSSR count). The third-order valence-corrected chi connectivity index (χ3v) is 4.56. The number of ether oxygens (including phenoxy) is 2. The fraction of sp³-hybridized carbons (Fsp3) is 0.632. The molecule has 7 heteroatoms. The van der Waals surface area contributed by atoms with Gasteiger partial charge in [-0.15, -0.1) is 0 Å². The zero-order chi connectivity index (χ0) is 19.4. The van der Waals surface area contributed by atoms with Crippen molar-refractivity contribution in [2.24, 2.45) is 5.92 Å². The van der Waals surface area contributed by atoms with Crippen molar-refractivity contribution >= 4 is 5.97 Å². The molecule has 2 unspecified atom stereocenters. The molecular formula is C19H28O7. The summed E-state index contributed by atoms with van der Waals surface area (Å²) in [6.07, 6.45) is -6.29. The number of carbonyl (C=O) groups is 1. The highest BCUT2D eigenvalue weighted by Crippen LogP contribution is 2.25. The first-order valence-electron chi connectivity index (χ1n) is 8.84. The third-order valence-electron chi connectivity index (χ3n) is 4.56. The normalized spacial score (nSPS) is 30.2. The van der Waals surface area contributed by atoms with Crippen molar-refractivity contribution in [1.29, 1.82) is 0 Å². The summed E-state index contributed by atoms with van der Waals surface area (Å²) in [7, 11) is 0. The maximum absolute atomic E-state index is 12.4. The van der Waals surface area contributed by atoms with Gasteiger partial charge in [0.2, 0.25) is 6.29 Å². The highest BCUT2D eigenvalue weighted by atomic mass is 16.7. The van der Waals surface area contributed by atoms with Crippen molar-refractivity contribution in [2.75, 3.05) is 6.61 Å². The maximum Gasteiger partial charge on any atom is 0.315 e. The van der Waals surface area contributed by atoms with Crippen LogP contribution in [0.1, 0.15) is 37.8 Å². The molecule has 7 nitrogen and oxygen atoms in total. The smallest absolute Gasteiger partial charge is 0.315 e. The number of aliphatic hydroxyl groups is 4. The van der Waals surface area contributed by atoms with Crippen LogP contribution in [0, 0.1) is 5.92 Å². The van der Waals surface area contributed by atoms with Crippen LogP contribution < -0.4 is 0 Å². The van der Waals surface area contributed by atoms with Crippen LogP contribution in [0.2, 0.25) is 0 Å². The first-order chi connectivity index (χ1) is 12.2. The summed E-state index contributed by atoms with van der Waals surface area (Å²) in [6.45, 7) is 5.36. The zero-order valence-electron chi connectivity index (χ0n) is 15.3. The first-order valence-corrected chi connectivity index (χ1v) is 8.84. The van der Waals surface area contributed by atoms with Gasteiger partial charge < -0.3 is 29.9 Å². The number of aliphatic hydroxyl groups excluding tert-OH is 4. The van der Waals surface area contributed by atoms with Crippen LogP contribution >= 0.6 is 0 Å². The van der Waals surface area contributed by atoms with E-state index >= 15 is 0 Å². The second-order valence-electron chi connectivity index (χ2n) is 7.20. The van der Waals surface area contributed by atoms with Gasteiger partial charge in [0, 0.05) is 0 Å². The van der Waals surface area contributed by atoms with Crippen molar-refractivity contribution in [3.63, 3.8) is 0 Å². The number of benzene rings is 1.